The second kappa shape index (κ2) is 6.21. The lowest BCUT2D eigenvalue weighted by atomic mass is 9.78. The van der Waals surface area contributed by atoms with Gasteiger partial charge in [0.2, 0.25) is 0 Å². The predicted octanol–water partition coefficient (Wildman–Crippen LogP) is 1.91. The van der Waals surface area contributed by atoms with Crippen molar-refractivity contribution in [2.75, 3.05) is 19.7 Å². The predicted molar refractivity (Wildman–Crippen MR) is 75.9 cm³/mol. The molecule has 0 amide bonds. The van der Waals surface area contributed by atoms with Gasteiger partial charge >= 0.3 is 0 Å². The summed E-state index contributed by atoms with van der Waals surface area (Å²) in [6.45, 7) is 9.15. The van der Waals surface area contributed by atoms with Crippen LogP contribution in [0.4, 0.5) is 0 Å². The van der Waals surface area contributed by atoms with E-state index in [2.05, 4.69) is 37.1 Å². The average Bonchev–Trinajstić information content (AvgIpc) is 2.42. The van der Waals surface area contributed by atoms with Crippen LogP contribution in [-0.2, 0) is 4.74 Å². The van der Waals surface area contributed by atoms with Crippen LogP contribution in [-0.4, -0.2) is 48.3 Å². The van der Waals surface area contributed by atoms with Crippen molar-refractivity contribution in [3.63, 3.8) is 0 Å². The highest BCUT2D eigenvalue weighted by molar-refractivity contribution is 5.11. The molecule has 2 rings (SSSR count). The second-order valence-corrected chi connectivity index (χ2v) is 6.16. The van der Waals surface area contributed by atoms with E-state index >= 15 is 0 Å². The number of nitrogens with one attached hydrogen (secondary N) is 1. The molecule has 1 aliphatic heterocycles. The fraction of sp³-hybridized carbons (Fsp3) is 0.933. The molecule has 0 aromatic heterocycles. The summed E-state index contributed by atoms with van der Waals surface area (Å²) in [5.41, 5.74) is -0.307. The van der Waals surface area contributed by atoms with Gasteiger partial charge in [-0.05, 0) is 46.1 Å². The van der Waals surface area contributed by atoms with Crippen LogP contribution in [0.15, 0.2) is 0 Å². The van der Waals surface area contributed by atoms with E-state index in [0.717, 1.165) is 39.0 Å². The SMILES string of the molecule is CCNC1(C#N)CCCC(N2CC(C)OCC2C)C1. The molecule has 4 atom stereocenters. The van der Waals surface area contributed by atoms with Crippen LogP contribution in [0.3, 0.4) is 0 Å². The molecule has 2 aliphatic rings. The van der Waals surface area contributed by atoms with Crippen LogP contribution in [0.5, 0.6) is 0 Å². The van der Waals surface area contributed by atoms with Crippen molar-refractivity contribution in [2.24, 2.45) is 0 Å². The summed E-state index contributed by atoms with van der Waals surface area (Å²) in [7, 11) is 0. The fourth-order valence-corrected chi connectivity index (χ4v) is 3.61. The highest BCUT2D eigenvalue weighted by atomic mass is 16.5. The largest absolute Gasteiger partial charge is 0.376 e. The van der Waals surface area contributed by atoms with Gasteiger partial charge in [0.25, 0.3) is 0 Å². The van der Waals surface area contributed by atoms with Crippen LogP contribution < -0.4 is 5.32 Å². The molecule has 0 bridgehead atoms. The van der Waals surface area contributed by atoms with Crippen LogP contribution >= 0.6 is 0 Å². The highest BCUT2D eigenvalue weighted by Crippen LogP contribution is 2.33. The van der Waals surface area contributed by atoms with Gasteiger partial charge in [0.15, 0.2) is 0 Å². The number of rotatable bonds is 3. The maximum Gasteiger partial charge on any atom is 0.108 e. The Morgan fingerprint density at radius 1 is 1.47 bits per heavy atom. The van der Waals surface area contributed by atoms with Crippen LogP contribution in [0, 0.1) is 11.3 Å². The molecule has 2 fully saturated rings. The van der Waals surface area contributed by atoms with Gasteiger partial charge in [-0.3, -0.25) is 10.2 Å². The molecular weight excluding hydrogens is 238 g/mol. The van der Waals surface area contributed by atoms with E-state index in [9.17, 15) is 5.26 Å². The van der Waals surface area contributed by atoms with E-state index in [1.165, 1.54) is 6.42 Å². The van der Waals surface area contributed by atoms with Crippen LogP contribution in [0.25, 0.3) is 0 Å². The molecule has 1 aliphatic carbocycles. The van der Waals surface area contributed by atoms with Gasteiger partial charge in [-0.2, -0.15) is 5.26 Å². The number of hydrogen-bond acceptors (Lipinski definition) is 4. The standard InChI is InChI=1S/C15H27N3O/c1-4-17-15(11-16)7-5-6-14(8-15)18-9-13(3)19-10-12(18)2/h12-14,17H,4-10H2,1-3H3. The summed E-state index contributed by atoms with van der Waals surface area (Å²) < 4.78 is 5.71. The Morgan fingerprint density at radius 2 is 2.26 bits per heavy atom. The van der Waals surface area contributed by atoms with E-state index in [-0.39, 0.29) is 5.54 Å². The lowest BCUT2D eigenvalue weighted by Crippen LogP contribution is -2.58. The Balaban J connectivity index is 2.05. The van der Waals surface area contributed by atoms with Crippen molar-refractivity contribution in [2.45, 2.75) is 70.2 Å². The maximum atomic E-state index is 9.55. The second-order valence-electron chi connectivity index (χ2n) is 6.16. The molecule has 0 spiro atoms. The van der Waals surface area contributed by atoms with E-state index in [4.69, 9.17) is 4.74 Å². The monoisotopic (exact) mass is 265 g/mol. The van der Waals surface area contributed by atoms with Crippen LogP contribution in [0.2, 0.25) is 0 Å². The van der Waals surface area contributed by atoms with Crippen molar-refractivity contribution in [3.8, 4) is 6.07 Å². The zero-order chi connectivity index (χ0) is 13.9. The van der Waals surface area contributed by atoms with Crippen molar-refractivity contribution >= 4 is 0 Å². The Morgan fingerprint density at radius 3 is 2.95 bits per heavy atom. The van der Waals surface area contributed by atoms with E-state index in [1.54, 1.807) is 0 Å². The summed E-state index contributed by atoms with van der Waals surface area (Å²) in [5, 5.41) is 13.0. The molecule has 4 heteroatoms. The van der Waals surface area contributed by atoms with Gasteiger partial charge in [-0.1, -0.05) is 6.92 Å². The minimum atomic E-state index is -0.307. The molecule has 1 heterocycles. The minimum absolute atomic E-state index is 0.307. The first-order valence-corrected chi connectivity index (χ1v) is 7.64. The van der Waals surface area contributed by atoms with Crippen molar-refractivity contribution in [3.05, 3.63) is 0 Å². The van der Waals surface area contributed by atoms with E-state index < -0.39 is 0 Å². The first-order valence-electron chi connectivity index (χ1n) is 7.64. The first-order chi connectivity index (χ1) is 9.10. The van der Waals surface area contributed by atoms with Crippen molar-refractivity contribution in [1.82, 2.24) is 10.2 Å². The maximum absolute atomic E-state index is 9.55. The lowest BCUT2D eigenvalue weighted by molar-refractivity contribution is -0.0746. The summed E-state index contributed by atoms with van der Waals surface area (Å²) >= 11 is 0. The van der Waals surface area contributed by atoms with Crippen LogP contribution in [0.1, 0.15) is 46.5 Å². The van der Waals surface area contributed by atoms with Gasteiger partial charge in [-0.25, -0.2) is 0 Å². The Kier molecular flexibility index (Phi) is 4.83. The third-order valence-electron chi connectivity index (χ3n) is 4.58. The zero-order valence-electron chi connectivity index (χ0n) is 12.5. The first kappa shape index (κ1) is 14.8. The topological polar surface area (TPSA) is 48.3 Å². The summed E-state index contributed by atoms with van der Waals surface area (Å²) in [5.74, 6) is 0. The van der Waals surface area contributed by atoms with Gasteiger partial charge in [0.05, 0.1) is 18.8 Å². The van der Waals surface area contributed by atoms with Gasteiger partial charge in [0.1, 0.15) is 5.54 Å². The molecule has 1 N–H and O–H groups in total. The third-order valence-corrected chi connectivity index (χ3v) is 4.58. The molecule has 1 saturated heterocycles. The molecule has 0 aromatic carbocycles. The smallest absolute Gasteiger partial charge is 0.108 e. The average molecular weight is 265 g/mol. The number of nitrogens with zero attached hydrogens (tertiary/aromatic N) is 2. The minimum Gasteiger partial charge on any atom is -0.376 e. The van der Waals surface area contributed by atoms with Gasteiger partial charge in [-0.15, -0.1) is 0 Å². The summed E-state index contributed by atoms with van der Waals surface area (Å²) in [4.78, 5) is 2.57. The van der Waals surface area contributed by atoms with Crippen molar-refractivity contribution < 1.29 is 4.74 Å². The van der Waals surface area contributed by atoms with Gasteiger partial charge < -0.3 is 4.74 Å². The van der Waals surface area contributed by atoms with E-state index in [1.807, 2.05) is 0 Å². The molecule has 0 aromatic rings. The number of ether oxygens (including phenoxy) is 1. The molecule has 1 saturated carbocycles. The Hall–Kier alpha value is -0.630. The number of nitriles is 1. The van der Waals surface area contributed by atoms with E-state index in [0.29, 0.717) is 18.2 Å². The molecule has 4 nitrogen and oxygen atoms in total. The molecule has 19 heavy (non-hydrogen) atoms. The summed E-state index contributed by atoms with van der Waals surface area (Å²) in [6, 6.07) is 3.54. The molecule has 108 valence electrons. The van der Waals surface area contributed by atoms with Crippen molar-refractivity contribution in [1.29, 1.82) is 5.26 Å². The number of hydrogen-bond donors (Lipinski definition) is 1. The number of morpholine rings is 1. The molecule has 4 unspecified atom stereocenters. The normalized spacial score (nSPS) is 40.8. The Labute approximate surface area is 117 Å². The van der Waals surface area contributed by atoms with Gasteiger partial charge in [0, 0.05) is 18.6 Å². The molecule has 0 radical (unpaired) electrons. The zero-order valence-corrected chi connectivity index (χ0v) is 12.5. The lowest BCUT2D eigenvalue weighted by Gasteiger charge is -2.46. The quantitative estimate of drug-likeness (QED) is 0.847. The third kappa shape index (κ3) is 3.28. The summed E-state index contributed by atoms with van der Waals surface area (Å²) in [6.07, 6.45) is 4.61. The highest BCUT2D eigenvalue weighted by Gasteiger charge is 2.40. The molecular formula is C15H27N3O. The Bertz CT molecular complexity index is 337. The fourth-order valence-electron chi connectivity index (χ4n) is 3.61.